The van der Waals surface area contributed by atoms with Crippen molar-refractivity contribution < 1.29 is 0 Å². The molecule has 0 aliphatic heterocycles. The van der Waals surface area contributed by atoms with Crippen LogP contribution in [0.25, 0.3) is 22.4 Å². The molecule has 7 nitrogen and oxygen atoms in total. The van der Waals surface area contributed by atoms with E-state index in [0.717, 1.165) is 23.5 Å². The molecule has 1 aliphatic rings. The Hall–Kier alpha value is -2.67. The Morgan fingerprint density at radius 2 is 2.15 bits per heavy atom. The van der Waals surface area contributed by atoms with Crippen molar-refractivity contribution in [2.75, 3.05) is 0 Å². The van der Waals surface area contributed by atoms with E-state index in [0.29, 0.717) is 27.8 Å². The quantitative estimate of drug-likeness (QED) is 0.557. The summed E-state index contributed by atoms with van der Waals surface area (Å²) in [6, 6.07) is 5.43. The van der Waals surface area contributed by atoms with Crippen molar-refractivity contribution in [3.05, 3.63) is 51.8 Å². The summed E-state index contributed by atoms with van der Waals surface area (Å²) in [5.41, 5.74) is 2.25. The van der Waals surface area contributed by atoms with E-state index in [-0.39, 0.29) is 5.56 Å². The molecule has 1 fully saturated rings. The van der Waals surface area contributed by atoms with Crippen LogP contribution in [0.15, 0.2) is 35.5 Å². The molecule has 5 rings (SSSR count). The fraction of sp³-hybridized carbons (Fsp3) is 0.333. The van der Waals surface area contributed by atoms with Crippen molar-refractivity contribution >= 4 is 28.2 Å². The summed E-state index contributed by atoms with van der Waals surface area (Å²) >= 11 is 6.27. The van der Waals surface area contributed by atoms with E-state index in [4.69, 9.17) is 11.6 Å². The van der Waals surface area contributed by atoms with Gasteiger partial charge in [0.05, 0.1) is 27.8 Å². The number of benzene rings is 1. The maximum atomic E-state index is 12.9. The summed E-state index contributed by atoms with van der Waals surface area (Å²) in [5.74, 6) is 2.02. The average molecular weight is 369 g/mol. The smallest absolute Gasteiger partial charge is 0.262 e. The first-order valence-electron chi connectivity index (χ1n) is 8.60. The summed E-state index contributed by atoms with van der Waals surface area (Å²) in [7, 11) is 1.73. The number of halogens is 1. The van der Waals surface area contributed by atoms with Gasteiger partial charge in [0.1, 0.15) is 6.33 Å². The van der Waals surface area contributed by atoms with E-state index in [1.807, 2.05) is 16.5 Å². The van der Waals surface area contributed by atoms with Gasteiger partial charge in [0.25, 0.3) is 5.56 Å². The summed E-state index contributed by atoms with van der Waals surface area (Å²) < 4.78 is 5.20. The third-order valence-corrected chi connectivity index (χ3v) is 5.69. The summed E-state index contributed by atoms with van der Waals surface area (Å²) in [4.78, 5) is 17.4. The minimum Gasteiger partial charge on any atom is -0.294 e. The topological polar surface area (TPSA) is 70.0 Å². The Bertz CT molecular complexity index is 1220. The first kappa shape index (κ1) is 15.6. The van der Waals surface area contributed by atoms with Crippen molar-refractivity contribution in [1.82, 2.24) is 28.9 Å². The molecule has 0 spiro atoms. The normalized spacial score (nSPS) is 19.5. The maximum Gasteiger partial charge on any atom is 0.262 e. The second-order valence-corrected chi connectivity index (χ2v) is 7.48. The van der Waals surface area contributed by atoms with Crippen molar-refractivity contribution in [2.45, 2.75) is 19.8 Å². The molecule has 0 bridgehead atoms. The van der Waals surface area contributed by atoms with E-state index >= 15 is 0 Å². The molecular formula is C18H17ClN6O. The number of hydrogen-bond acceptors (Lipinski definition) is 4. The largest absolute Gasteiger partial charge is 0.294 e. The number of fused-ring (bicyclic) bond motifs is 3. The van der Waals surface area contributed by atoms with Gasteiger partial charge in [0.15, 0.2) is 11.5 Å². The number of aryl methyl sites for hydroxylation is 1. The lowest BCUT2D eigenvalue weighted by Gasteiger charge is -2.10. The Labute approximate surface area is 153 Å². The Balaban J connectivity index is 1.78. The van der Waals surface area contributed by atoms with E-state index in [9.17, 15) is 4.79 Å². The third-order valence-electron chi connectivity index (χ3n) is 5.38. The molecule has 1 aromatic carbocycles. The van der Waals surface area contributed by atoms with Crippen molar-refractivity contribution in [1.29, 1.82) is 0 Å². The highest BCUT2D eigenvalue weighted by Crippen LogP contribution is 2.40. The van der Waals surface area contributed by atoms with Gasteiger partial charge in [-0.05, 0) is 36.8 Å². The SMILES string of the molecule is CC1CC1Cc1cnnn1-c1ncn2c3cccc(Cl)c3c(=O)n(C)c12. The number of aromatic nitrogens is 6. The van der Waals surface area contributed by atoms with Crippen LogP contribution in [0.4, 0.5) is 0 Å². The van der Waals surface area contributed by atoms with Crippen LogP contribution in [0, 0.1) is 11.8 Å². The van der Waals surface area contributed by atoms with Gasteiger partial charge >= 0.3 is 0 Å². The van der Waals surface area contributed by atoms with E-state index in [1.54, 1.807) is 34.9 Å². The zero-order valence-corrected chi connectivity index (χ0v) is 15.2. The molecule has 3 aromatic heterocycles. The van der Waals surface area contributed by atoms with Crippen molar-refractivity contribution in [3.8, 4) is 5.82 Å². The van der Waals surface area contributed by atoms with Crippen LogP contribution in [0.1, 0.15) is 19.0 Å². The van der Waals surface area contributed by atoms with Crippen LogP contribution in [0.5, 0.6) is 0 Å². The highest BCUT2D eigenvalue weighted by atomic mass is 35.5. The summed E-state index contributed by atoms with van der Waals surface area (Å²) in [5, 5.41) is 9.23. The first-order valence-corrected chi connectivity index (χ1v) is 8.98. The molecule has 0 N–H and O–H groups in total. The molecule has 2 unspecified atom stereocenters. The second-order valence-electron chi connectivity index (χ2n) is 7.07. The molecular weight excluding hydrogens is 352 g/mol. The van der Waals surface area contributed by atoms with Crippen LogP contribution < -0.4 is 5.56 Å². The van der Waals surface area contributed by atoms with Gasteiger partial charge in [-0.15, -0.1) is 5.10 Å². The van der Waals surface area contributed by atoms with E-state index in [1.165, 1.54) is 6.42 Å². The van der Waals surface area contributed by atoms with Crippen LogP contribution in [-0.2, 0) is 13.5 Å². The molecule has 1 aliphatic carbocycles. The highest BCUT2D eigenvalue weighted by molar-refractivity contribution is 6.35. The van der Waals surface area contributed by atoms with Crippen molar-refractivity contribution in [3.63, 3.8) is 0 Å². The molecule has 0 radical (unpaired) electrons. The number of hydrogen-bond donors (Lipinski definition) is 0. The predicted molar refractivity (Wildman–Crippen MR) is 98.8 cm³/mol. The van der Waals surface area contributed by atoms with Crippen LogP contribution in [0.3, 0.4) is 0 Å². The fourth-order valence-electron chi connectivity index (χ4n) is 3.68. The van der Waals surface area contributed by atoms with Crippen molar-refractivity contribution in [2.24, 2.45) is 18.9 Å². The Morgan fingerprint density at radius 3 is 2.92 bits per heavy atom. The third kappa shape index (κ3) is 2.13. The highest BCUT2D eigenvalue weighted by Gasteiger charge is 2.33. The predicted octanol–water partition coefficient (Wildman–Crippen LogP) is 2.62. The van der Waals surface area contributed by atoms with Gasteiger partial charge in [-0.3, -0.25) is 13.8 Å². The van der Waals surface area contributed by atoms with Crippen LogP contribution in [0.2, 0.25) is 5.02 Å². The monoisotopic (exact) mass is 368 g/mol. The van der Waals surface area contributed by atoms with E-state index < -0.39 is 0 Å². The van der Waals surface area contributed by atoms with Crippen LogP contribution >= 0.6 is 11.6 Å². The van der Waals surface area contributed by atoms with Gasteiger partial charge in [0.2, 0.25) is 0 Å². The zero-order chi connectivity index (χ0) is 18.0. The molecule has 4 aromatic rings. The maximum absolute atomic E-state index is 12.9. The van der Waals surface area contributed by atoms with Gasteiger partial charge in [-0.1, -0.05) is 29.8 Å². The average Bonchev–Trinajstić information content (AvgIpc) is 3.02. The first-order chi connectivity index (χ1) is 12.6. The molecule has 26 heavy (non-hydrogen) atoms. The molecule has 3 heterocycles. The number of rotatable bonds is 3. The van der Waals surface area contributed by atoms with Crippen LogP contribution in [-0.4, -0.2) is 28.9 Å². The standard InChI is InChI=1S/C18H17ClN6O/c1-10-6-11(10)7-12-8-21-22-25(12)16-17-23(2)18(26)15-13(19)4-3-5-14(15)24(17)9-20-16/h3-5,8-11H,6-7H2,1-2H3. The minimum absolute atomic E-state index is 0.155. The zero-order valence-electron chi connectivity index (χ0n) is 14.4. The number of imidazole rings is 1. The van der Waals surface area contributed by atoms with Gasteiger partial charge in [-0.25, -0.2) is 4.98 Å². The lowest BCUT2D eigenvalue weighted by molar-refractivity contribution is 0.680. The Kier molecular flexibility index (Phi) is 3.24. The second kappa shape index (κ2) is 5.41. The number of nitrogens with zero attached hydrogens (tertiary/aromatic N) is 6. The molecule has 2 atom stereocenters. The van der Waals surface area contributed by atoms with Gasteiger partial charge < -0.3 is 0 Å². The van der Waals surface area contributed by atoms with Gasteiger partial charge in [-0.2, -0.15) is 4.68 Å². The summed E-state index contributed by atoms with van der Waals surface area (Å²) in [6.45, 7) is 2.25. The lowest BCUT2D eigenvalue weighted by atomic mass is 10.2. The van der Waals surface area contributed by atoms with Gasteiger partial charge in [0, 0.05) is 7.05 Å². The lowest BCUT2D eigenvalue weighted by Crippen LogP contribution is -2.21. The molecule has 0 amide bonds. The minimum atomic E-state index is -0.155. The fourth-order valence-corrected chi connectivity index (χ4v) is 3.94. The summed E-state index contributed by atoms with van der Waals surface area (Å²) in [6.07, 6.45) is 5.64. The molecule has 8 heteroatoms. The Morgan fingerprint density at radius 1 is 1.35 bits per heavy atom. The van der Waals surface area contributed by atoms with E-state index in [2.05, 4.69) is 22.2 Å². The molecule has 0 saturated heterocycles. The molecule has 132 valence electrons. The molecule has 1 saturated carbocycles.